The molecule has 0 aliphatic heterocycles. The normalized spacial score (nSPS) is 11.8. The molecule has 0 bridgehead atoms. The number of hydrogen-bond acceptors (Lipinski definition) is 1. The standard InChI is InChI=1S/C9H7F4O/c10-8(11)6-9(12,13)14-7-4-2-1-3-5-7/h2-5,8H,6H2. The molecule has 0 amide bonds. The van der Waals surface area contributed by atoms with Gasteiger partial charge in [-0.1, -0.05) is 12.1 Å². The molecule has 0 aromatic heterocycles. The number of ether oxygens (including phenoxy) is 1. The Morgan fingerprint density at radius 3 is 2.36 bits per heavy atom. The van der Waals surface area contributed by atoms with E-state index in [9.17, 15) is 17.6 Å². The number of alkyl halides is 4. The van der Waals surface area contributed by atoms with Crippen LogP contribution in [-0.4, -0.2) is 12.5 Å². The molecule has 0 spiro atoms. The summed E-state index contributed by atoms with van der Waals surface area (Å²) in [6.07, 6.45) is -8.54. The molecule has 1 radical (unpaired) electrons. The molecule has 0 atom stereocenters. The molecule has 77 valence electrons. The summed E-state index contributed by atoms with van der Waals surface area (Å²) in [5.41, 5.74) is 0. The second-order valence-electron chi connectivity index (χ2n) is 2.57. The van der Waals surface area contributed by atoms with Crippen molar-refractivity contribution in [3.05, 3.63) is 30.3 Å². The fourth-order valence-electron chi connectivity index (χ4n) is 0.833. The van der Waals surface area contributed by atoms with E-state index in [1.165, 1.54) is 24.3 Å². The van der Waals surface area contributed by atoms with Gasteiger partial charge in [-0.3, -0.25) is 0 Å². The third-order valence-corrected chi connectivity index (χ3v) is 1.35. The van der Waals surface area contributed by atoms with E-state index in [4.69, 9.17) is 0 Å². The Hall–Kier alpha value is -1.26. The van der Waals surface area contributed by atoms with Crippen LogP contribution in [0.2, 0.25) is 0 Å². The molecule has 0 aliphatic carbocycles. The average Bonchev–Trinajstić information content (AvgIpc) is 2.02. The summed E-state index contributed by atoms with van der Waals surface area (Å²) in [4.78, 5) is 0. The molecule has 5 heteroatoms. The van der Waals surface area contributed by atoms with Crippen molar-refractivity contribution in [2.45, 2.75) is 19.0 Å². The van der Waals surface area contributed by atoms with Gasteiger partial charge in [0.05, 0.1) is 0 Å². The van der Waals surface area contributed by atoms with Gasteiger partial charge in [0.1, 0.15) is 12.2 Å². The van der Waals surface area contributed by atoms with Crippen LogP contribution in [0.25, 0.3) is 0 Å². The third kappa shape index (κ3) is 3.64. The van der Waals surface area contributed by atoms with Gasteiger partial charge in [0.25, 0.3) is 0 Å². The first kappa shape index (κ1) is 10.8. The third-order valence-electron chi connectivity index (χ3n) is 1.35. The average molecular weight is 207 g/mol. The molecule has 0 N–H and O–H groups in total. The van der Waals surface area contributed by atoms with E-state index in [0.717, 1.165) is 0 Å². The maximum atomic E-state index is 12.6. The quantitative estimate of drug-likeness (QED) is 0.689. The first-order valence-electron chi connectivity index (χ1n) is 3.81. The zero-order valence-corrected chi connectivity index (χ0v) is 7.01. The van der Waals surface area contributed by atoms with Crippen LogP contribution in [0.5, 0.6) is 5.75 Å². The van der Waals surface area contributed by atoms with E-state index in [-0.39, 0.29) is 5.75 Å². The first-order chi connectivity index (χ1) is 6.49. The molecule has 1 aromatic rings. The van der Waals surface area contributed by atoms with Crippen LogP contribution in [-0.2, 0) is 0 Å². The van der Waals surface area contributed by atoms with Gasteiger partial charge in [-0.15, -0.1) is 0 Å². The lowest BCUT2D eigenvalue weighted by atomic mass is 10.3. The molecule has 14 heavy (non-hydrogen) atoms. The zero-order chi connectivity index (χ0) is 10.6. The molecule has 1 rings (SSSR count). The highest BCUT2D eigenvalue weighted by atomic mass is 19.3. The Morgan fingerprint density at radius 1 is 1.29 bits per heavy atom. The van der Waals surface area contributed by atoms with E-state index in [2.05, 4.69) is 10.8 Å². The Labute approximate surface area is 78.3 Å². The number of halogens is 4. The Bertz CT molecular complexity index is 273. The predicted molar refractivity (Wildman–Crippen MR) is 41.5 cm³/mol. The predicted octanol–water partition coefficient (Wildman–Crippen LogP) is 3.11. The van der Waals surface area contributed by atoms with Gasteiger partial charge in [-0.2, -0.15) is 8.78 Å². The molecule has 0 unspecified atom stereocenters. The van der Waals surface area contributed by atoms with Crippen LogP contribution < -0.4 is 4.74 Å². The molecule has 0 fully saturated rings. The van der Waals surface area contributed by atoms with Crippen LogP contribution in [0, 0.1) is 6.07 Å². The van der Waals surface area contributed by atoms with Gasteiger partial charge in [0.2, 0.25) is 6.43 Å². The topological polar surface area (TPSA) is 9.23 Å². The van der Waals surface area contributed by atoms with Crippen LogP contribution >= 0.6 is 0 Å². The summed E-state index contributed by atoms with van der Waals surface area (Å²) in [5.74, 6) is -0.158. The summed E-state index contributed by atoms with van der Waals surface area (Å²) in [6, 6.07) is 7.74. The van der Waals surface area contributed by atoms with Gasteiger partial charge < -0.3 is 4.74 Å². The lowest BCUT2D eigenvalue weighted by Gasteiger charge is -2.17. The highest BCUT2D eigenvalue weighted by Gasteiger charge is 2.35. The lowest BCUT2D eigenvalue weighted by Crippen LogP contribution is -2.27. The number of hydrogen-bond donors (Lipinski definition) is 0. The summed E-state index contributed by atoms with van der Waals surface area (Å²) in [5, 5.41) is 0. The van der Waals surface area contributed by atoms with Crippen molar-refractivity contribution in [3.63, 3.8) is 0 Å². The second-order valence-corrected chi connectivity index (χ2v) is 2.57. The van der Waals surface area contributed by atoms with Crippen molar-refractivity contribution in [2.75, 3.05) is 0 Å². The van der Waals surface area contributed by atoms with Crippen LogP contribution in [0.1, 0.15) is 6.42 Å². The van der Waals surface area contributed by atoms with Gasteiger partial charge in [0, 0.05) is 0 Å². The maximum Gasteiger partial charge on any atom is 0.403 e. The summed E-state index contributed by atoms with van der Waals surface area (Å²) in [7, 11) is 0. The minimum Gasteiger partial charge on any atom is -0.432 e. The van der Waals surface area contributed by atoms with E-state index in [0.29, 0.717) is 0 Å². The fourth-order valence-corrected chi connectivity index (χ4v) is 0.833. The minimum atomic E-state index is -3.84. The van der Waals surface area contributed by atoms with Crippen molar-refractivity contribution in [3.8, 4) is 5.75 Å². The number of benzene rings is 1. The summed E-state index contributed by atoms with van der Waals surface area (Å²) < 4.78 is 52.7. The van der Waals surface area contributed by atoms with Crippen molar-refractivity contribution in [1.29, 1.82) is 0 Å². The Kier molecular flexibility index (Phi) is 3.33. The highest BCUT2D eigenvalue weighted by molar-refractivity contribution is 5.20. The SMILES string of the molecule is FC(F)CC(F)(F)Oc1cc[c]cc1. The molecule has 0 saturated carbocycles. The first-order valence-corrected chi connectivity index (χ1v) is 3.81. The van der Waals surface area contributed by atoms with Crippen LogP contribution in [0.4, 0.5) is 17.6 Å². The van der Waals surface area contributed by atoms with Crippen molar-refractivity contribution in [1.82, 2.24) is 0 Å². The highest BCUT2D eigenvalue weighted by Crippen LogP contribution is 2.26. The van der Waals surface area contributed by atoms with Crippen LogP contribution in [0.3, 0.4) is 0 Å². The molecule has 1 nitrogen and oxygen atoms in total. The second kappa shape index (κ2) is 4.30. The molecule has 1 aromatic carbocycles. The fraction of sp³-hybridized carbons (Fsp3) is 0.333. The molecule has 0 aliphatic rings. The zero-order valence-electron chi connectivity index (χ0n) is 7.01. The lowest BCUT2D eigenvalue weighted by molar-refractivity contribution is -0.199. The molecule has 0 heterocycles. The van der Waals surface area contributed by atoms with E-state index >= 15 is 0 Å². The van der Waals surface area contributed by atoms with Gasteiger partial charge >= 0.3 is 6.11 Å². The van der Waals surface area contributed by atoms with Gasteiger partial charge in [-0.05, 0) is 18.2 Å². The molecular formula is C9H7F4O. The van der Waals surface area contributed by atoms with Crippen molar-refractivity contribution in [2.24, 2.45) is 0 Å². The van der Waals surface area contributed by atoms with Crippen LogP contribution in [0.15, 0.2) is 24.3 Å². The van der Waals surface area contributed by atoms with Crippen molar-refractivity contribution < 1.29 is 22.3 Å². The monoisotopic (exact) mass is 207 g/mol. The van der Waals surface area contributed by atoms with E-state index < -0.39 is 19.0 Å². The Morgan fingerprint density at radius 2 is 1.86 bits per heavy atom. The van der Waals surface area contributed by atoms with Crippen molar-refractivity contribution >= 4 is 0 Å². The number of rotatable bonds is 4. The smallest absolute Gasteiger partial charge is 0.403 e. The van der Waals surface area contributed by atoms with E-state index in [1.807, 2.05) is 0 Å². The molecular weight excluding hydrogens is 200 g/mol. The summed E-state index contributed by atoms with van der Waals surface area (Å²) in [6.45, 7) is 0. The van der Waals surface area contributed by atoms with E-state index in [1.54, 1.807) is 0 Å². The van der Waals surface area contributed by atoms with Gasteiger partial charge in [-0.25, -0.2) is 8.78 Å². The molecule has 0 saturated heterocycles. The maximum absolute atomic E-state index is 12.6. The summed E-state index contributed by atoms with van der Waals surface area (Å²) >= 11 is 0. The Balaban J connectivity index is 2.59. The van der Waals surface area contributed by atoms with Gasteiger partial charge in [0.15, 0.2) is 0 Å². The largest absolute Gasteiger partial charge is 0.432 e. The minimum absolute atomic E-state index is 0.158.